The highest BCUT2D eigenvalue weighted by molar-refractivity contribution is 5.83. The van der Waals surface area contributed by atoms with Crippen molar-refractivity contribution in [3.05, 3.63) is 30.1 Å². The molecule has 0 aromatic carbocycles. The number of pyridine rings is 1. The normalized spacial score (nSPS) is 19.9. The largest absolute Gasteiger partial charge is 0.481 e. The summed E-state index contributed by atoms with van der Waals surface area (Å²) < 4.78 is 0. The van der Waals surface area contributed by atoms with Gasteiger partial charge in [-0.05, 0) is 24.5 Å². The summed E-state index contributed by atoms with van der Waals surface area (Å²) in [5.74, 6) is -1.43. The molecule has 0 spiro atoms. The summed E-state index contributed by atoms with van der Waals surface area (Å²) in [6, 6.07) is 3.84. The SMILES string of the molecule is O=C(O)C1CCN(CCc2cccnc2)C(=O)C1. The number of likely N-dealkylation sites (tertiary alicyclic amines) is 1. The molecule has 5 nitrogen and oxygen atoms in total. The zero-order valence-electron chi connectivity index (χ0n) is 10.1. The van der Waals surface area contributed by atoms with Crippen molar-refractivity contribution in [3.8, 4) is 0 Å². The molecule has 0 bridgehead atoms. The van der Waals surface area contributed by atoms with Crippen molar-refractivity contribution < 1.29 is 14.7 Å². The molecule has 1 N–H and O–H groups in total. The van der Waals surface area contributed by atoms with Crippen LogP contribution in [0, 0.1) is 5.92 Å². The third-order valence-corrected chi connectivity index (χ3v) is 3.26. The number of piperidine rings is 1. The minimum atomic E-state index is -0.866. The fourth-order valence-corrected chi connectivity index (χ4v) is 2.14. The van der Waals surface area contributed by atoms with Gasteiger partial charge in [0, 0.05) is 31.9 Å². The number of rotatable bonds is 4. The first-order valence-corrected chi connectivity index (χ1v) is 6.06. The lowest BCUT2D eigenvalue weighted by Gasteiger charge is -2.29. The van der Waals surface area contributed by atoms with Crippen molar-refractivity contribution in [2.75, 3.05) is 13.1 Å². The average molecular weight is 248 g/mol. The Kier molecular flexibility index (Phi) is 3.92. The van der Waals surface area contributed by atoms with E-state index in [-0.39, 0.29) is 12.3 Å². The molecule has 1 aromatic heterocycles. The summed E-state index contributed by atoms with van der Waals surface area (Å²) in [6.45, 7) is 1.17. The molecule has 96 valence electrons. The van der Waals surface area contributed by atoms with E-state index in [4.69, 9.17) is 5.11 Å². The van der Waals surface area contributed by atoms with Gasteiger partial charge in [0.25, 0.3) is 0 Å². The van der Waals surface area contributed by atoms with E-state index < -0.39 is 11.9 Å². The second-order valence-electron chi connectivity index (χ2n) is 4.52. The molecule has 0 aliphatic carbocycles. The van der Waals surface area contributed by atoms with Crippen molar-refractivity contribution in [1.29, 1.82) is 0 Å². The van der Waals surface area contributed by atoms with Crippen LogP contribution in [0.5, 0.6) is 0 Å². The van der Waals surface area contributed by atoms with E-state index >= 15 is 0 Å². The van der Waals surface area contributed by atoms with Crippen molar-refractivity contribution in [2.24, 2.45) is 5.92 Å². The highest BCUT2D eigenvalue weighted by atomic mass is 16.4. The Morgan fingerprint density at radius 3 is 3.00 bits per heavy atom. The van der Waals surface area contributed by atoms with E-state index in [0.29, 0.717) is 19.5 Å². The molecule has 1 saturated heterocycles. The van der Waals surface area contributed by atoms with Crippen LogP contribution in [0.3, 0.4) is 0 Å². The molecule has 5 heteroatoms. The van der Waals surface area contributed by atoms with E-state index in [1.54, 1.807) is 17.3 Å². The molecule has 18 heavy (non-hydrogen) atoms. The first kappa shape index (κ1) is 12.5. The fraction of sp³-hybridized carbons (Fsp3) is 0.462. The van der Waals surface area contributed by atoms with Crippen LogP contribution in [0.2, 0.25) is 0 Å². The lowest BCUT2D eigenvalue weighted by atomic mass is 9.96. The topological polar surface area (TPSA) is 70.5 Å². The maximum atomic E-state index is 11.8. The molecular formula is C13H16N2O3. The summed E-state index contributed by atoms with van der Waals surface area (Å²) in [7, 11) is 0. The lowest BCUT2D eigenvalue weighted by molar-refractivity contribution is -0.149. The van der Waals surface area contributed by atoms with Gasteiger partial charge in [0.2, 0.25) is 5.91 Å². The third kappa shape index (κ3) is 3.06. The van der Waals surface area contributed by atoms with Crippen molar-refractivity contribution in [1.82, 2.24) is 9.88 Å². The van der Waals surface area contributed by atoms with Crippen LogP contribution < -0.4 is 0 Å². The third-order valence-electron chi connectivity index (χ3n) is 3.26. The lowest BCUT2D eigenvalue weighted by Crippen LogP contribution is -2.41. The van der Waals surface area contributed by atoms with Gasteiger partial charge < -0.3 is 10.0 Å². The smallest absolute Gasteiger partial charge is 0.307 e. The molecule has 1 fully saturated rings. The number of carbonyl (C=O) groups excluding carboxylic acids is 1. The van der Waals surface area contributed by atoms with Crippen LogP contribution in [-0.4, -0.2) is 40.0 Å². The minimum Gasteiger partial charge on any atom is -0.481 e. The number of hydrogen-bond acceptors (Lipinski definition) is 3. The molecule has 1 aliphatic heterocycles. The molecular weight excluding hydrogens is 232 g/mol. The van der Waals surface area contributed by atoms with Crippen LogP contribution in [0.25, 0.3) is 0 Å². The molecule has 1 aromatic rings. The van der Waals surface area contributed by atoms with Crippen LogP contribution in [-0.2, 0) is 16.0 Å². The molecule has 1 aliphatic rings. The Hall–Kier alpha value is -1.91. The van der Waals surface area contributed by atoms with E-state index in [9.17, 15) is 9.59 Å². The maximum absolute atomic E-state index is 11.8. The van der Waals surface area contributed by atoms with Crippen molar-refractivity contribution >= 4 is 11.9 Å². The number of nitrogens with zero attached hydrogens (tertiary/aromatic N) is 2. The monoisotopic (exact) mass is 248 g/mol. The molecule has 1 unspecified atom stereocenters. The van der Waals surface area contributed by atoms with Gasteiger partial charge in [0.15, 0.2) is 0 Å². The number of hydrogen-bond donors (Lipinski definition) is 1. The number of carboxylic acid groups (broad SMARTS) is 1. The first-order chi connectivity index (χ1) is 8.66. The van der Waals surface area contributed by atoms with E-state index in [1.165, 1.54) is 0 Å². The second kappa shape index (κ2) is 5.62. The summed E-state index contributed by atoms with van der Waals surface area (Å²) >= 11 is 0. The number of amides is 1. The molecule has 2 heterocycles. The standard InChI is InChI=1S/C13H16N2O3/c16-12-8-11(13(17)18)4-7-15(12)6-3-10-2-1-5-14-9-10/h1-2,5,9,11H,3-4,6-8H2,(H,17,18). The zero-order valence-corrected chi connectivity index (χ0v) is 10.1. The summed E-state index contributed by atoms with van der Waals surface area (Å²) in [4.78, 5) is 28.3. The van der Waals surface area contributed by atoms with Crippen molar-refractivity contribution in [3.63, 3.8) is 0 Å². The highest BCUT2D eigenvalue weighted by Gasteiger charge is 2.29. The van der Waals surface area contributed by atoms with Gasteiger partial charge in [-0.1, -0.05) is 6.07 Å². The predicted octanol–water partition coefficient (Wildman–Crippen LogP) is 0.947. The van der Waals surface area contributed by atoms with Gasteiger partial charge in [-0.25, -0.2) is 0 Å². The first-order valence-electron chi connectivity index (χ1n) is 6.06. The van der Waals surface area contributed by atoms with E-state index in [1.807, 2.05) is 12.1 Å². The van der Waals surface area contributed by atoms with Gasteiger partial charge in [0.05, 0.1) is 5.92 Å². The number of aromatic nitrogens is 1. The molecule has 0 radical (unpaired) electrons. The maximum Gasteiger partial charge on any atom is 0.307 e. The highest BCUT2D eigenvalue weighted by Crippen LogP contribution is 2.18. The molecule has 2 rings (SSSR count). The predicted molar refractivity (Wildman–Crippen MR) is 64.9 cm³/mol. The zero-order chi connectivity index (χ0) is 13.0. The Balaban J connectivity index is 1.85. The number of carbonyl (C=O) groups is 2. The van der Waals surface area contributed by atoms with Gasteiger partial charge in [-0.2, -0.15) is 0 Å². The van der Waals surface area contributed by atoms with Crippen LogP contribution in [0.4, 0.5) is 0 Å². The summed E-state index contributed by atoms with van der Waals surface area (Å²) in [5, 5.41) is 8.87. The van der Waals surface area contributed by atoms with Crippen LogP contribution >= 0.6 is 0 Å². The van der Waals surface area contributed by atoms with Gasteiger partial charge >= 0.3 is 5.97 Å². The molecule has 1 amide bonds. The average Bonchev–Trinajstić information content (AvgIpc) is 2.38. The molecule has 1 atom stereocenters. The minimum absolute atomic E-state index is 0.0578. The summed E-state index contributed by atoms with van der Waals surface area (Å²) in [6.07, 6.45) is 4.94. The summed E-state index contributed by atoms with van der Waals surface area (Å²) in [5.41, 5.74) is 1.09. The molecule has 0 saturated carbocycles. The Morgan fingerprint density at radius 2 is 2.39 bits per heavy atom. The fourth-order valence-electron chi connectivity index (χ4n) is 2.14. The van der Waals surface area contributed by atoms with E-state index in [0.717, 1.165) is 12.0 Å². The van der Waals surface area contributed by atoms with Gasteiger partial charge in [0.1, 0.15) is 0 Å². The van der Waals surface area contributed by atoms with Gasteiger partial charge in [-0.15, -0.1) is 0 Å². The van der Waals surface area contributed by atoms with Crippen molar-refractivity contribution in [2.45, 2.75) is 19.3 Å². The van der Waals surface area contributed by atoms with Crippen LogP contribution in [0.1, 0.15) is 18.4 Å². The number of carboxylic acids is 1. The Labute approximate surface area is 105 Å². The quantitative estimate of drug-likeness (QED) is 0.861. The Bertz CT molecular complexity index is 433. The van der Waals surface area contributed by atoms with E-state index in [2.05, 4.69) is 4.98 Å². The second-order valence-corrected chi connectivity index (χ2v) is 4.52. The number of aliphatic carboxylic acids is 1. The Morgan fingerprint density at radius 1 is 1.56 bits per heavy atom. The van der Waals surface area contributed by atoms with Gasteiger partial charge in [-0.3, -0.25) is 14.6 Å². The van der Waals surface area contributed by atoms with Crippen LogP contribution in [0.15, 0.2) is 24.5 Å².